The van der Waals surface area contributed by atoms with Crippen LogP contribution in [0.2, 0.25) is 0 Å². The molecule has 0 bridgehead atoms. The number of piperidine rings is 1. The maximum atomic E-state index is 6.46. The number of benzene rings is 3. The predicted molar refractivity (Wildman–Crippen MR) is 122 cm³/mol. The minimum Gasteiger partial charge on any atom is -0.372 e. The minimum atomic E-state index is 0.161. The zero-order valence-electron chi connectivity index (χ0n) is 17.0. The molecule has 150 valence electrons. The predicted octanol–water partition coefficient (Wildman–Crippen LogP) is 5.56. The summed E-state index contributed by atoms with van der Waals surface area (Å²) in [5.74, 6) is 0.392. The summed E-state index contributed by atoms with van der Waals surface area (Å²) in [6, 6.07) is 28.0. The van der Waals surface area contributed by atoms with Crippen molar-refractivity contribution in [2.45, 2.75) is 25.0 Å². The topological polar surface area (TPSA) is 34.2 Å². The number of aromatic nitrogens is 1. The average molecular weight is 395 g/mol. The largest absolute Gasteiger partial charge is 0.372 e. The molecule has 0 radical (unpaired) electrons. The van der Waals surface area contributed by atoms with Crippen LogP contribution in [-0.4, -0.2) is 24.2 Å². The van der Waals surface area contributed by atoms with Crippen LogP contribution in [0.25, 0.3) is 21.9 Å². The first kappa shape index (κ1) is 19.0. The van der Waals surface area contributed by atoms with E-state index in [1.807, 2.05) is 18.5 Å². The molecule has 4 aromatic rings. The number of nitrogens with zero attached hydrogens (tertiary/aromatic N) is 1. The smallest absolute Gasteiger partial charge is 0.0772 e. The van der Waals surface area contributed by atoms with Crippen molar-refractivity contribution in [2.24, 2.45) is 0 Å². The molecule has 0 aliphatic carbocycles. The summed E-state index contributed by atoms with van der Waals surface area (Å²) in [7, 11) is 0. The van der Waals surface area contributed by atoms with Crippen molar-refractivity contribution < 1.29 is 4.74 Å². The number of rotatable bonds is 5. The Balaban J connectivity index is 1.34. The number of fused-ring (bicyclic) bond motifs is 1. The van der Waals surface area contributed by atoms with E-state index in [-0.39, 0.29) is 6.10 Å². The second-order valence-electron chi connectivity index (χ2n) is 8.00. The Morgan fingerprint density at radius 2 is 1.77 bits per heavy atom. The highest BCUT2D eigenvalue weighted by Crippen LogP contribution is 2.31. The van der Waals surface area contributed by atoms with Gasteiger partial charge in [-0.1, -0.05) is 66.7 Å². The fraction of sp³-hybridized carbons (Fsp3) is 0.222. The summed E-state index contributed by atoms with van der Waals surface area (Å²) >= 11 is 0. The van der Waals surface area contributed by atoms with E-state index in [4.69, 9.17) is 4.74 Å². The van der Waals surface area contributed by atoms with Crippen LogP contribution in [0.3, 0.4) is 0 Å². The van der Waals surface area contributed by atoms with Gasteiger partial charge in [-0.2, -0.15) is 0 Å². The Kier molecular flexibility index (Phi) is 5.56. The van der Waals surface area contributed by atoms with Crippen molar-refractivity contribution in [1.82, 2.24) is 10.3 Å². The number of hydrogen-bond donors (Lipinski definition) is 1. The monoisotopic (exact) mass is 394 g/mol. The molecule has 0 unspecified atom stereocenters. The quantitative estimate of drug-likeness (QED) is 0.481. The van der Waals surface area contributed by atoms with E-state index < -0.39 is 0 Å². The van der Waals surface area contributed by atoms with Crippen LogP contribution in [0, 0.1) is 0 Å². The standard InChI is InChI=1S/C27H26N2O/c1-2-6-22-15-20(10-11-21(22)5-1)19-30-27-18-29-14-12-26(27)24-8-3-7-23(16-24)25-9-4-13-28-17-25/h1-11,13,15-17,26-27,29H,12,14,18-19H2/t26-,27+/m1/s1. The van der Waals surface area contributed by atoms with Gasteiger partial charge in [0, 0.05) is 24.9 Å². The molecule has 2 heterocycles. The van der Waals surface area contributed by atoms with Crippen molar-refractivity contribution in [3.63, 3.8) is 0 Å². The molecule has 3 nitrogen and oxygen atoms in total. The van der Waals surface area contributed by atoms with E-state index in [0.29, 0.717) is 12.5 Å². The molecule has 0 saturated carbocycles. The minimum absolute atomic E-state index is 0.161. The van der Waals surface area contributed by atoms with Crippen LogP contribution in [0.1, 0.15) is 23.5 Å². The Bertz CT molecular complexity index is 1130. The summed E-state index contributed by atoms with van der Waals surface area (Å²) < 4.78 is 6.46. The second kappa shape index (κ2) is 8.78. The van der Waals surface area contributed by atoms with Crippen molar-refractivity contribution in [3.05, 3.63) is 102 Å². The molecule has 2 atom stereocenters. The lowest BCUT2D eigenvalue weighted by atomic mass is 9.86. The van der Waals surface area contributed by atoms with E-state index in [1.165, 1.54) is 27.5 Å². The molecule has 3 heteroatoms. The van der Waals surface area contributed by atoms with Crippen LogP contribution in [0.5, 0.6) is 0 Å². The van der Waals surface area contributed by atoms with Gasteiger partial charge >= 0.3 is 0 Å². The molecule has 1 fully saturated rings. The van der Waals surface area contributed by atoms with Gasteiger partial charge in [0.1, 0.15) is 0 Å². The lowest BCUT2D eigenvalue weighted by Crippen LogP contribution is -2.41. The summed E-state index contributed by atoms with van der Waals surface area (Å²) in [6.45, 7) is 2.54. The van der Waals surface area contributed by atoms with E-state index >= 15 is 0 Å². The van der Waals surface area contributed by atoms with Gasteiger partial charge in [0.15, 0.2) is 0 Å². The Morgan fingerprint density at radius 3 is 2.67 bits per heavy atom. The van der Waals surface area contributed by atoms with Crippen LogP contribution >= 0.6 is 0 Å². The van der Waals surface area contributed by atoms with E-state index in [2.05, 4.69) is 83.1 Å². The van der Waals surface area contributed by atoms with Crippen molar-refractivity contribution in [1.29, 1.82) is 0 Å². The summed E-state index contributed by atoms with van der Waals surface area (Å²) in [4.78, 5) is 4.27. The molecule has 3 aromatic carbocycles. The summed E-state index contributed by atoms with van der Waals surface area (Å²) in [5, 5.41) is 6.05. The maximum Gasteiger partial charge on any atom is 0.0772 e. The van der Waals surface area contributed by atoms with E-state index in [9.17, 15) is 0 Å². The third-order valence-corrected chi connectivity index (χ3v) is 6.01. The van der Waals surface area contributed by atoms with Crippen molar-refractivity contribution in [2.75, 3.05) is 13.1 Å². The highest BCUT2D eigenvalue weighted by Gasteiger charge is 2.27. The van der Waals surface area contributed by atoms with Gasteiger partial charge < -0.3 is 10.1 Å². The number of ether oxygens (including phenoxy) is 1. The molecule has 1 N–H and O–H groups in total. The zero-order chi connectivity index (χ0) is 20.2. The van der Waals surface area contributed by atoms with Gasteiger partial charge in [0.2, 0.25) is 0 Å². The Morgan fingerprint density at radius 1 is 0.867 bits per heavy atom. The first-order valence-corrected chi connectivity index (χ1v) is 10.7. The number of nitrogens with one attached hydrogen (secondary N) is 1. The number of pyridine rings is 1. The third kappa shape index (κ3) is 4.13. The highest BCUT2D eigenvalue weighted by molar-refractivity contribution is 5.82. The summed E-state index contributed by atoms with van der Waals surface area (Å²) in [5.41, 5.74) is 4.94. The van der Waals surface area contributed by atoms with Gasteiger partial charge in [-0.15, -0.1) is 0 Å². The molecule has 0 amide bonds. The molecule has 1 aliphatic rings. The second-order valence-corrected chi connectivity index (χ2v) is 8.00. The van der Waals surface area contributed by atoms with Crippen LogP contribution < -0.4 is 5.32 Å². The first-order valence-electron chi connectivity index (χ1n) is 10.7. The lowest BCUT2D eigenvalue weighted by Gasteiger charge is -2.33. The fourth-order valence-electron chi connectivity index (χ4n) is 4.40. The SMILES string of the molecule is c1cncc(-c2cccc([C@H]3CCNC[C@@H]3OCc3ccc4ccccc4c3)c2)c1. The van der Waals surface area contributed by atoms with Crippen LogP contribution in [0.15, 0.2) is 91.3 Å². The number of hydrogen-bond acceptors (Lipinski definition) is 3. The Hall–Kier alpha value is -3.01. The summed E-state index contributed by atoms with van der Waals surface area (Å²) in [6.07, 6.45) is 4.99. The Labute approximate surface area is 177 Å². The fourth-order valence-corrected chi connectivity index (χ4v) is 4.40. The van der Waals surface area contributed by atoms with E-state index in [1.54, 1.807) is 0 Å². The molecule has 1 aliphatic heterocycles. The van der Waals surface area contributed by atoms with Gasteiger partial charge in [-0.05, 0) is 58.1 Å². The van der Waals surface area contributed by atoms with Gasteiger partial charge in [0.25, 0.3) is 0 Å². The van der Waals surface area contributed by atoms with E-state index in [0.717, 1.165) is 25.1 Å². The third-order valence-electron chi connectivity index (χ3n) is 6.01. The molecule has 5 rings (SSSR count). The average Bonchev–Trinajstić information content (AvgIpc) is 2.83. The molecular weight excluding hydrogens is 368 g/mol. The first-order chi connectivity index (χ1) is 14.9. The van der Waals surface area contributed by atoms with Gasteiger partial charge in [0.05, 0.1) is 12.7 Å². The molecule has 1 saturated heterocycles. The molecule has 1 aromatic heterocycles. The zero-order valence-corrected chi connectivity index (χ0v) is 17.0. The van der Waals surface area contributed by atoms with Gasteiger partial charge in [-0.25, -0.2) is 0 Å². The van der Waals surface area contributed by atoms with Gasteiger partial charge in [-0.3, -0.25) is 4.98 Å². The van der Waals surface area contributed by atoms with Crippen LogP contribution in [-0.2, 0) is 11.3 Å². The molecular formula is C27H26N2O. The lowest BCUT2D eigenvalue weighted by molar-refractivity contribution is 0.0107. The van der Waals surface area contributed by atoms with Crippen LogP contribution in [0.4, 0.5) is 0 Å². The molecule has 30 heavy (non-hydrogen) atoms. The molecule has 0 spiro atoms. The van der Waals surface area contributed by atoms with Crippen molar-refractivity contribution in [3.8, 4) is 11.1 Å². The highest BCUT2D eigenvalue weighted by atomic mass is 16.5. The van der Waals surface area contributed by atoms with Crippen molar-refractivity contribution >= 4 is 10.8 Å². The normalized spacial score (nSPS) is 19.1. The maximum absolute atomic E-state index is 6.46.